The molecule has 0 amide bonds. The van der Waals surface area contributed by atoms with Crippen LogP contribution in [0.25, 0.3) is 0 Å². The van der Waals surface area contributed by atoms with Gasteiger partial charge in [0.15, 0.2) is 0 Å². The molecule has 0 aliphatic carbocycles. The average Bonchev–Trinajstić information content (AvgIpc) is 2.49. The lowest BCUT2D eigenvalue weighted by atomic mass is 9.84. The number of hydrogen-bond acceptors (Lipinski definition) is 3. The standard InChI is InChI=1S/C18H27NO3/c1-13(2)19-10-8-15(9-11-19)17(18(20)21)12-22-16-6-4-14(3)5-7-16/h4-7,13,15,17H,8-12H2,1-3H3,(H,20,21). The summed E-state index contributed by atoms with van der Waals surface area (Å²) >= 11 is 0. The van der Waals surface area contributed by atoms with E-state index in [-0.39, 0.29) is 12.5 Å². The minimum atomic E-state index is -0.741. The molecule has 1 aliphatic rings. The quantitative estimate of drug-likeness (QED) is 0.877. The van der Waals surface area contributed by atoms with Crippen molar-refractivity contribution in [3.05, 3.63) is 29.8 Å². The Hall–Kier alpha value is -1.55. The van der Waals surface area contributed by atoms with Crippen molar-refractivity contribution in [2.24, 2.45) is 11.8 Å². The SMILES string of the molecule is Cc1ccc(OCC(C(=O)O)C2CCN(C(C)C)CC2)cc1. The number of piperidine rings is 1. The van der Waals surface area contributed by atoms with E-state index in [0.29, 0.717) is 6.04 Å². The molecule has 1 N–H and O–H groups in total. The van der Waals surface area contributed by atoms with Gasteiger partial charge in [-0.05, 0) is 64.8 Å². The predicted octanol–water partition coefficient (Wildman–Crippen LogP) is 3.20. The maximum Gasteiger partial charge on any atom is 0.310 e. The molecule has 4 heteroatoms. The smallest absolute Gasteiger partial charge is 0.310 e. The van der Waals surface area contributed by atoms with Gasteiger partial charge in [-0.1, -0.05) is 17.7 Å². The third-order valence-electron chi connectivity index (χ3n) is 4.64. The van der Waals surface area contributed by atoms with E-state index in [1.165, 1.54) is 5.56 Å². The van der Waals surface area contributed by atoms with Crippen LogP contribution in [0.2, 0.25) is 0 Å². The van der Waals surface area contributed by atoms with E-state index < -0.39 is 11.9 Å². The van der Waals surface area contributed by atoms with Crippen LogP contribution >= 0.6 is 0 Å². The van der Waals surface area contributed by atoms with Gasteiger partial charge in [0, 0.05) is 6.04 Å². The lowest BCUT2D eigenvalue weighted by Gasteiger charge is -2.36. The molecule has 0 bridgehead atoms. The number of carbonyl (C=O) groups is 1. The summed E-state index contributed by atoms with van der Waals surface area (Å²) in [6, 6.07) is 8.29. The van der Waals surface area contributed by atoms with Gasteiger partial charge < -0.3 is 14.7 Å². The Labute approximate surface area is 133 Å². The first-order chi connectivity index (χ1) is 10.5. The van der Waals surface area contributed by atoms with Gasteiger partial charge in [-0.2, -0.15) is 0 Å². The van der Waals surface area contributed by atoms with Gasteiger partial charge in [0.1, 0.15) is 12.4 Å². The monoisotopic (exact) mass is 305 g/mol. The average molecular weight is 305 g/mol. The first-order valence-corrected chi connectivity index (χ1v) is 8.13. The molecular weight excluding hydrogens is 278 g/mol. The molecule has 122 valence electrons. The van der Waals surface area contributed by atoms with Crippen LogP contribution in [0.4, 0.5) is 0 Å². The molecule has 0 aromatic heterocycles. The number of carboxylic acids is 1. The maximum atomic E-state index is 11.6. The van der Waals surface area contributed by atoms with Gasteiger partial charge in [-0.15, -0.1) is 0 Å². The van der Waals surface area contributed by atoms with Gasteiger partial charge in [0.2, 0.25) is 0 Å². The summed E-state index contributed by atoms with van der Waals surface area (Å²) in [5.41, 5.74) is 1.17. The Kier molecular flexibility index (Phi) is 5.83. The number of nitrogens with zero attached hydrogens (tertiary/aromatic N) is 1. The molecule has 22 heavy (non-hydrogen) atoms. The van der Waals surface area contributed by atoms with Crippen LogP contribution in [-0.2, 0) is 4.79 Å². The highest BCUT2D eigenvalue weighted by Crippen LogP contribution is 2.27. The Morgan fingerprint density at radius 1 is 1.27 bits per heavy atom. The van der Waals surface area contributed by atoms with Crippen LogP contribution in [0.1, 0.15) is 32.3 Å². The van der Waals surface area contributed by atoms with E-state index in [1.54, 1.807) is 0 Å². The zero-order valence-corrected chi connectivity index (χ0v) is 13.8. The molecule has 0 saturated carbocycles. The highest BCUT2D eigenvalue weighted by atomic mass is 16.5. The second-order valence-electron chi connectivity index (χ2n) is 6.54. The topological polar surface area (TPSA) is 49.8 Å². The van der Waals surface area contributed by atoms with E-state index in [1.807, 2.05) is 31.2 Å². The fraction of sp³-hybridized carbons (Fsp3) is 0.611. The molecule has 1 aliphatic heterocycles. The number of aliphatic carboxylic acids is 1. The van der Waals surface area contributed by atoms with Crippen molar-refractivity contribution in [2.75, 3.05) is 19.7 Å². The summed E-state index contributed by atoms with van der Waals surface area (Å²) in [6.45, 7) is 8.62. The summed E-state index contributed by atoms with van der Waals surface area (Å²) in [6.07, 6.45) is 1.87. The second kappa shape index (κ2) is 7.63. The summed E-state index contributed by atoms with van der Waals surface area (Å²) < 4.78 is 5.72. The normalized spacial score (nSPS) is 18.4. The largest absolute Gasteiger partial charge is 0.493 e. The highest BCUT2D eigenvalue weighted by Gasteiger charge is 2.32. The van der Waals surface area contributed by atoms with Crippen molar-refractivity contribution in [2.45, 2.75) is 39.7 Å². The van der Waals surface area contributed by atoms with Crippen molar-refractivity contribution in [1.29, 1.82) is 0 Å². The Morgan fingerprint density at radius 2 is 1.86 bits per heavy atom. The van der Waals surface area contributed by atoms with Crippen molar-refractivity contribution in [3.8, 4) is 5.75 Å². The number of carboxylic acid groups (broad SMARTS) is 1. The number of hydrogen-bond donors (Lipinski definition) is 1. The van der Waals surface area contributed by atoms with E-state index in [9.17, 15) is 9.90 Å². The molecule has 1 unspecified atom stereocenters. The second-order valence-corrected chi connectivity index (χ2v) is 6.54. The molecule has 1 heterocycles. The number of likely N-dealkylation sites (tertiary alicyclic amines) is 1. The summed E-state index contributed by atoms with van der Waals surface area (Å²) in [4.78, 5) is 14.0. The van der Waals surface area contributed by atoms with Gasteiger partial charge in [0.05, 0.1) is 5.92 Å². The van der Waals surface area contributed by atoms with Crippen LogP contribution < -0.4 is 4.74 Å². The van der Waals surface area contributed by atoms with E-state index in [2.05, 4.69) is 18.7 Å². The number of benzene rings is 1. The van der Waals surface area contributed by atoms with Gasteiger partial charge in [-0.25, -0.2) is 0 Å². The molecule has 0 radical (unpaired) electrons. The van der Waals surface area contributed by atoms with E-state index in [0.717, 1.165) is 31.7 Å². The van der Waals surface area contributed by atoms with Gasteiger partial charge >= 0.3 is 5.97 Å². The van der Waals surface area contributed by atoms with E-state index in [4.69, 9.17) is 4.74 Å². The molecule has 0 spiro atoms. The summed E-state index contributed by atoms with van der Waals surface area (Å²) in [5, 5.41) is 9.53. The molecular formula is C18H27NO3. The third kappa shape index (κ3) is 4.47. The van der Waals surface area contributed by atoms with Crippen LogP contribution in [0.15, 0.2) is 24.3 Å². The fourth-order valence-corrected chi connectivity index (χ4v) is 3.07. The number of aryl methyl sites for hydroxylation is 1. The third-order valence-corrected chi connectivity index (χ3v) is 4.64. The Morgan fingerprint density at radius 3 is 2.36 bits per heavy atom. The number of ether oxygens (including phenoxy) is 1. The van der Waals surface area contributed by atoms with Crippen molar-refractivity contribution >= 4 is 5.97 Å². The molecule has 2 rings (SSSR count). The maximum absolute atomic E-state index is 11.6. The Bertz CT molecular complexity index is 476. The Balaban J connectivity index is 1.90. The number of rotatable bonds is 6. The first kappa shape index (κ1) is 16.8. The summed E-state index contributed by atoms with van der Waals surface area (Å²) in [5.74, 6) is -0.208. The minimum Gasteiger partial charge on any atom is -0.493 e. The highest BCUT2D eigenvalue weighted by molar-refractivity contribution is 5.70. The van der Waals surface area contributed by atoms with Crippen molar-refractivity contribution < 1.29 is 14.6 Å². The van der Waals surface area contributed by atoms with Crippen LogP contribution in [0.3, 0.4) is 0 Å². The fourth-order valence-electron chi connectivity index (χ4n) is 3.07. The predicted molar refractivity (Wildman–Crippen MR) is 87.2 cm³/mol. The lowest BCUT2D eigenvalue weighted by molar-refractivity contribution is -0.145. The molecule has 1 aromatic carbocycles. The minimum absolute atomic E-state index is 0.206. The van der Waals surface area contributed by atoms with Crippen molar-refractivity contribution in [3.63, 3.8) is 0 Å². The summed E-state index contributed by atoms with van der Waals surface area (Å²) in [7, 11) is 0. The molecule has 1 atom stereocenters. The van der Waals surface area contributed by atoms with E-state index >= 15 is 0 Å². The van der Waals surface area contributed by atoms with Gasteiger partial charge in [-0.3, -0.25) is 4.79 Å². The zero-order chi connectivity index (χ0) is 16.1. The van der Waals surface area contributed by atoms with Crippen molar-refractivity contribution in [1.82, 2.24) is 4.90 Å². The lowest BCUT2D eigenvalue weighted by Crippen LogP contribution is -2.42. The molecule has 1 fully saturated rings. The van der Waals surface area contributed by atoms with Gasteiger partial charge in [0.25, 0.3) is 0 Å². The van der Waals surface area contributed by atoms with Crippen LogP contribution in [0, 0.1) is 18.8 Å². The molecule has 1 aromatic rings. The zero-order valence-electron chi connectivity index (χ0n) is 13.8. The van der Waals surface area contributed by atoms with Crippen LogP contribution in [-0.4, -0.2) is 41.7 Å². The molecule has 4 nitrogen and oxygen atoms in total. The molecule has 1 saturated heterocycles. The first-order valence-electron chi connectivity index (χ1n) is 8.13. The van der Waals surface area contributed by atoms with Crippen LogP contribution in [0.5, 0.6) is 5.75 Å².